The van der Waals surface area contributed by atoms with Gasteiger partial charge >= 0.3 is 0 Å². The Morgan fingerprint density at radius 3 is 2.59 bits per heavy atom. The maximum atomic E-state index is 5.78. The van der Waals surface area contributed by atoms with Gasteiger partial charge in [-0.2, -0.15) is 0 Å². The van der Waals surface area contributed by atoms with Crippen LogP contribution in [-0.4, -0.2) is 4.98 Å². The van der Waals surface area contributed by atoms with E-state index >= 15 is 0 Å². The number of fused-ring (bicyclic) bond motifs is 3. The minimum absolute atomic E-state index is 0.592. The molecule has 0 aliphatic carbocycles. The van der Waals surface area contributed by atoms with E-state index in [2.05, 4.69) is 28.5 Å². The van der Waals surface area contributed by atoms with Gasteiger partial charge in [0.05, 0.1) is 0 Å². The van der Waals surface area contributed by atoms with Crippen molar-refractivity contribution < 1.29 is 4.42 Å². The van der Waals surface area contributed by atoms with Crippen molar-refractivity contribution in [3.63, 3.8) is 0 Å². The number of para-hydroxylation sites is 1. The highest BCUT2D eigenvalue weighted by Gasteiger charge is 2.06. The van der Waals surface area contributed by atoms with Crippen molar-refractivity contribution in [2.24, 2.45) is 0 Å². The molecule has 3 aromatic carbocycles. The van der Waals surface area contributed by atoms with Crippen molar-refractivity contribution in [2.75, 3.05) is 5.32 Å². The third kappa shape index (κ3) is 2.33. The van der Waals surface area contributed by atoms with E-state index in [1.54, 1.807) is 0 Å². The highest BCUT2D eigenvalue weighted by Crippen LogP contribution is 2.25. The van der Waals surface area contributed by atoms with Gasteiger partial charge in [0.1, 0.15) is 5.52 Å². The van der Waals surface area contributed by atoms with Gasteiger partial charge in [-0.1, -0.05) is 48.5 Å². The van der Waals surface area contributed by atoms with E-state index in [9.17, 15) is 0 Å². The fraction of sp³-hybridized carbons (Fsp3) is 0. The monoisotopic (exact) mass is 286 g/mol. The molecule has 1 aromatic heterocycles. The standard InChI is InChI=1S/C19H14N2O/c1-2-7-15(8-3-1)20-13-12-18-21-19-16-9-5-4-6-14(16)10-11-17(19)22-18/h1-13,20H/b13-12+. The summed E-state index contributed by atoms with van der Waals surface area (Å²) in [5.74, 6) is 0.592. The molecule has 3 heteroatoms. The number of rotatable bonds is 3. The maximum absolute atomic E-state index is 5.78. The molecule has 0 fully saturated rings. The molecule has 0 saturated heterocycles. The number of aromatic nitrogens is 1. The minimum atomic E-state index is 0.592. The first-order valence-corrected chi connectivity index (χ1v) is 7.16. The molecule has 1 heterocycles. The Balaban J connectivity index is 1.66. The van der Waals surface area contributed by atoms with E-state index in [1.807, 2.05) is 60.8 Å². The van der Waals surface area contributed by atoms with Crippen LogP contribution in [-0.2, 0) is 0 Å². The topological polar surface area (TPSA) is 38.1 Å². The summed E-state index contributed by atoms with van der Waals surface area (Å²) in [4.78, 5) is 4.58. The Morgan fingerprint density at radius 1 is 0.864 bits per heavy atom. The highest BCUT2D eigenvalue weighted by molar-refractivity contribution is 6.03. The third-order valence-corrected chi connectivity index (χ3v) is 3.55. The Morgan fingerprint density at radius 2 is 1.68 bits per heavy atom. The highest BCUT2D eigenvalue weighted by atomic mass is 16.3. The van der Waals surface area contributed by atoms with Crippen molar-refractivity contribution >= 4 is 33.6 Å². The van der Waals surface area contributed by atoms with Gasteiger partial charge in [-0.05, 0) is 23.6 Å². The van der Waals surface area contributed by atoms with Crippen LogP contribution in [0.3, 0.4) is 0 Å². The van der Waals surface area contributed by atoms with Gasteiger partial charge in [-0.15, -0.1) is 0 Å². The average Bonchev–Trinajstić information content (AvgIpc) is 2.99. The molecule has 0 aliphatic heterocycles. The van der Waals surface area contributed by atoms with E-state index in [-0.39, 0.29) is 0 Å². The lowest BCUT2D eigenvalue weighted by molar-refractivity contribution is 0.589. The minimum Gasteiger partial charge on any atom is -0.437 e. The predicted molar refractivity (Wildman–Crippen MR) is 90.6 cm³/mol. The van der Waals surface area contributed by atoms with E-state index < -0.39 is 0 Å². The summed E-state index contributed by atoms with van der Waals surface area (Å²) in [7, 11) is 0. The normalized spacial score (nSPS) is 11.5. The fourth-order valence-electron chi connectivity index (χ4n) is 2.49. The molecule has 0 saturated carbocycles. The molecule has 22 heavy (non-hydrogen) atoms. The number of benzene rings is 3. The fourth-order valence-corrected chi connectivity index (χ4v) is 2.49. The smallest absolute Gasteiger partial charge is 0.221 e. The lowest BCUT2D eigenvalue weighted by atomic mass is 10.1. The zero-order valence-electron chi connectivity index (χ0n) is 11.9. The second-order valence-electron chi connectivity index (χ2n) is 5.03. The van der Waals surface area contributed by atoms with Gasteiger partial charge in [0.2, 0.25) is 5.89 Å². The van der Waals surface area contributed by atoms with Gasteiger partial charge in [0, 0.05) is 23.3 Å². The number of hydrogen-bond donors (Lipinski definition) is 1. The zero-order chi connectivity index (χ0) is 14.8. The molecule has 0 amide bonds. The van der Waals surface area contributed by atoms with Crippen LogP contribution in [0.2, 0.25) is 0 Å². The Hall–Kier alpha value is -3.07. The Bertz CT molecular complexity index is 955. The molecule has 0 unspecified atom stereocenters. The van der Waals surface area contributed by atoms with Gasteiger partial charge in [-0.3, -0.25) is 0 Å². The van der Waals surface area contributed by atoms with Crippen molar-refractivity contribution in [2.45, 2.75) is 0 Å². The first-order valence-electron chi connectivity index (χ1n) is 7.16. The van der Waals surface area contributed by atoms with Gasteiger partial charge in [0.25, 0.3) is 0 Å². The van der Waals surface area contributed by atoms with Gasteiger partial charge in [0.15, 0.2) is 5.58 Å². The van der Waals surface area contributed by atoms with Gasteiger partial charge < -0.3 is 9.73 Å². The summed E-state index contributed by atoms with van der Waals surface area (Å²) in [5, 5.41) is 5.47. The van der Waals surface area contributed by atoms with E-state index in [0.717, 1.165) is 22.2 Å². The SMILES string of the molecule is C(=C\c1nc2c(ccc3ccccc32)o1)/Nc1ccccc1. The lowest BCUT2D eigenvalue weighted by Crippen LogP contribution is -1.85. The number of oxazole rings is 1. The predicted octanol–water partition coefficient (Wildman–Crippen LogP) is 5.06. The largest absolute Gasteiger partial charge is 0.437 e. The second-order valence-corrected chi connectivity index (χ2v) is 5.03. The summed E-state index contributed by atoms with van der Waals surface area (Å²) >= 11 is 0. The summed E-state index contributed by atoms with van der Waals surface area (Å²) in [6.45, 7) is 0. The van der Waals surface area contributed by atoms with Crippen LogP contribution in [0.4, 0.5) is 5.69 Å². The number of nitrogens with one attached hydrogen (secondary N) is 1. The van der Waals surface area contributed by atoms with Crippen LogP contribution in [0.5, 0.6) is 0 Å². The number of anilines is 1. The Kier molecular flexibility index (Phi) is 3.09. The molecule has 1 N–H and O–H groups in total. The van der Waals surface area contributed by atoms with Crippen molar-refractivity contribution in [1.82, 2.24) is 4.98 Å². The first kappa shape index (κ1) is 12.7. The molecule has 0 spiro atoms. The molecule has 4 rings (SSSR count). The van der Waals surface area contributed by atoms with E-state index in [4.69, 9.17) is 4.42 Å². The summed E-state index contributed by atoms with van der Waals surface area (Å²) in [6.07, 6.45) is 3.67. The van der Waals surface area contributed by atoms with Crippen LogP contribution in [0, 0.1) is 0 Å². The molecular weight excluding hydrogens is 272 g/mol. The van der Waals surface area contributed by atoms with E-state index in [0.29, 0.717) is 5.89 Å². The van der Waals surface area contributed by atoms with Crippen molar-refractivity contribution in [3.8, 4) is 0 Å². The quantitative estimate of drug-likeness (QED) is 0.571. The average molecular weight is 286 g/mol. The summed E-state index contributed by atoms with van der Waals surface area (Å²) in [5.41, 5.74) is 2.73. The van der Waals surface area contributed by atoms with Crippen LogP contribution in [0.1, 0.15) is 5.89 Å². The lowest BCUT2D eigenvalue weighted by Gasteiger charge is -1.97. The maximum Gasteiger partial charge on any atom is 0.221 e. The molecular formula is C19H14N2O. The summed E-state index contributed by atoms with van der Waals surface area (Å²) in [6, 6.07) is 22.2. The molecule has 0 bridgehead atoms. The zero-order valence-corrected chi connectivity index (χ0v) is 11.9. The molecule has 0 atom stereocenters. The molecule has 106 valence electrons. The van der Waals surface area contributed by atoms with E-state index in [1.165, 1.54) is 5.39 Å². The van der Waals surface area contributed by atoms with Crippen LogP contribution >= 0.6 is 0 Å². The third-order valence-electron chi connectivity index (χ3n) is 3.55. The van der Waals surface area contributed by atoms with Crippen LogP contribution < -0.4 is 5.32 Å². The van der Waals surface area contributed by atoms with Crippen molar-refractivity contribution in [1.29, 1.82) is 0 Å². The number of hydrogen-bond acceptors (Lipinski definition) is 3. The van der Waals surface area contributed by atoms with Crippen LogP contribution in [0.15, 0.2) is 77.3 Å². The molecule has 3 nitrogen and oxygen atoms in total. The van der Waals surface area contributed by atoms with Crippen LogP contribution in [0.25, 0.3) is 27.9 Å². The van der Waals surface area contributed by atoms with Gasteiger partial charge in [-0.25, -0.2) is 4.98 Å². The molecule has 4 aromatic rings. The summed E-state index contributed by atoms with van der Waals surface area (Å²) < 4.78 is 5.78. The number of nitrogens with zero attached hydrogens (tertiary/aromatic N) is 1. The second kappa shape index (κ2) is 5.37. The first-order chi connectivity index (χ1) is 10.9. The molecule has 0 radical (unpaired) electrons. The molecule has 0 aliphatic rings. The Labute approximate surface area is 127 Å². The van der Waals surface area contributed by atoms with Crippen molar-refractivity contribution in [3.05, 3.63) is 78.8 Å².